The monoisotopic (exact) mass is 251 g/mol. The highest BCUT2D eigenvalue weighted by molar-refractivity contribution is 6.23. The van der Waals surface area contributed by atoms with Crippen molar-refractivity contribution in [1.82, 2.24) is 5.32 Å². The van der Waals surface area contributed by atoms with E-state index in [9.17, 15) is 14.7 Å². The number of amides is 1. The van der Waals surface area contributed by atoms with Crippen molar-refractivity contribution in [3.63, 3.8) is 0 Å². The lowest BCUT2D eigenvalue weighted by molar-refractivity contribution is -0.124. The fourth-order valence-corrected chi connectivity index (χ4v) is 2.21. The van der Waals surface area contributed by atoms with Crippen LogP contribution in [0.15, 0.2) is 22.6 Å². The highest BCUT2D eigenvalue weighted by atomic mass is 16.5. The van der Waals surface area contributed by atoms with Gasteiger partial charge in [-0.15, -0.1) is 0 Å². The van der Waals surface area contributed by atoms with E-state index in [4.69, 9.17) is 4.74 Å². The summed E-state index contributed by atoms with van der Waals surface area (Å²) >= 11 is 0. The van der Waals surface area contributed by atoms with Gasteiger partial charge < -0.3 is 15.2 Å². The van der Waals surface area contributed by atoms with Gasteiger partial charge in [0.15, 0.2) is 11.5 Å². The molecule has 0 aromatic rings. The van der Waals surface area contributed by atoms with Crippen molar-refractivity contribution < 1.29 is 19.4 Å². The predicted molar refractivity (Wildman–Crippen MR) is 64.3 cm³/mol. The van der Waals surface area contributed by atoms with Crippen molar-refractivity contribution in [1.29, 1.82) is 0 Å². The molecule has 1 amide bonds. The first-order valence-electron chi connectivity index (χ1n) is 6.01. The average molecular weight is 251 g/mol. The van der Waals surface area contributed by atoms with Crippen molar-refractivity contribution in [2.24, 2.45) is 0 Å². The topological polar surface area (TPSA) is 75.6 Å². The van der Waals surface area contributed by atoms with Crippen LogP contribution in [-0.2, 0) is 14.3 Å². The van der Waals surface area contributed by atoms with Gasteiger partial charge in [0, 0.05) is 12.8 Å². The van der Waals surface area contributed by atoms with E-state index < -0.39 is 6.10 Å². The third-order valence-corrected chi connectivity index (χ3v) is 3.00. The largest absolute Gasteiger partial charge is 0.487 e. The summed E-state index contributed by atoms with van der Waals surface area (Å²) < 4.78 is 5.69. The number of ketones is 1. The molecule has 0 aliphatic carbocycles. The van der Waals surface area contributed by atoms with E-state index in [0.29, 0.717) is 17.9 Å². The lowest BCUT2D eigenvalue weighted by Crippen LogP contribution is -2.29. The maximum absolute atomic E-state index is 11.9. The Bertz CT molecular complexity index is 469. The molecule has 18 heavy (non-hydrogen) atoms. The predicted octanol–water partition coefficient (Wildman–Crippen LogP) is 0.793. The summed E-state index contributed by atoms with van der Waals surface area (Å²) in [5, 5.41) is 12.0. The molecule has 2 N–H and O–H groups in total. The number of allylic oxidation sites excluding steroid dienone is 1. The van der Waals surface area contributed by atoms with Gasteiger partial charge in [0.1, 0.15) is 11.7 Å². The molecule has 0 radical (unpaired) electrons. The Morgan fingerprint density at radius 2 is 2.17 bits per heavy atom. The maximum Gasteiger partial charge on any atom is 0.263 e. The smallest absolute Gasteiger partial charge is 0.263 e. The van der Waals surface area contributed by atoms with Gasteiger partial charge in [-0.05, 0) is 26.3 Å². The summed E-state index contributed by atoms with van der Waals surface area (Å²) in [5.41, 5.74) is 1.59. The maximum atomic E-state index is 11.9. The minimum absolute atomic E-state index is 0.119. The molecule has 0 saturated carbocycles. The van der Waals surface area contributed by atoms with Crippen LogP contribution in [0.3, 0.4) is 0 Å². The summed E-state index contributed by atoms with van der Waals surface area (Å²) in [7, 11) is 0. The second-order valence-electron chi connectivity index (χ2n) is 4.99. The molecule has 0 aromatic carbocycles. The molecule has 2 aliphatic rings. The van der Waals surface area contributed by atoms with Gasteiger partial charge in [-0.3, -0.25) is 9.59 Å². The standard InChI is InChI=1S/C13H17NO4/c1-6(2)11-12-10(13(17)14-11)9(16)5-8(18-12)4-7(3)15/h7-8,15H,4-5H2,1-3H3,(H,14,17)/t7-,8-/m0/s1. The van der Waals surface area contributed by atoms with Crippen LogP contribution in [0.25, 0.3) is 0 Å². The highest BCUT2D eigenvalue weighted by Gasteiger charge is 2.40. The molecule has 5 nitrogen and oxygen atoms in total. The number of hydrogen-bond acceptors (Lipinski definition) is 4. The zero-order valence-electron chi connectivity index (χ0n) is 10.7. The van der Waals surface area contributed by atoms with E-state index in [1.807, 2.05) is 13.8 Å². The normalized spacial score (nSPS) is 24.7. The average Bonchev–Trinajstić information content (AvgIpc) is 2.55. The van der Waals surface area contributed by atoms with Gasteiger partial charge in [0.05, 0.1) is 11.8 Å². The molecular formula is C13H17NO4. The number of carbonyl (C=O) groups excluding carboxylic acids is 2. The van der Waals surface area contributed by atoms with Gasteiger partial charge >= 0.3 is 0 Å². The number of aliphatic hydroxyl groups is 1. The van der Waals surface area contributed by atoms with E-state index in [-0.39, 0.29) is 29.8 Å². The SMILES string of the molecule is CC(C)=C1NC(=O)C2=C1O[C@@H](C[C@H](C)O)CC2=O. The van der Waals surface area contributed by atoms with Gasteiger partial charge in [-0.25, -0.2) is 0 Å². The summed E-state index contributed by atoms with van der Waals surface area (Å²) in [6, 6.07) is 0. The minimum atomic E-state index is -0.537. The Kier molecular flexibility index (Phi) is 3.26. The van der Waals surface area contributed by atoms with Gasteiger partial charge in [0.25, 0.3) is 5.91 Å². The zero-order valence-corrected chi connectivity index (χ0v) is 10.7. The summed E-state index contributed by atoms with van der Waals surface area (Å²) in [4.78, 5) is 23.7. The first-order chi connectivity index (χ1) is 8.40. The Hall–Kier alpha value is -1.62. The lowest BCUT2D eigenvalue weighted by Gasteiger charge is -2.25. The van der Waals surface area contributed by atoms with Crippen LogP contribution in [-0.4, -0.2) is 29.0 Å². The molecule has 0 spiro atoms. The van der Waals surface area contributed by atoms with E-state index in [1.165, 1.54) is 0 Å². The Labute approximate surface area is 106 Å². The molecular weight excluding hydrogens is 234 g/mol. The summed E-state index contributed by atoms with van der Waals surface area (Å²) in [6.07, 6.45) is -0.372. The Morgan fingerprint density at radius 1 is 1.50 bits per heavy atom. The number of rotatable bonds is 2. The Morgan fingerprint density at radius 3 is 2.72 bits per heavy atom. The molecule has 0 bridgehead atoms. The van der Waals surface area contributed by atoms with Crippen LogP contribution in [0.4, 0.5) is 0 Å². The molecule has 0 saturated heterocycles. The van der Waals surface area contributed by atoms with Crippen molar-refractivity contribution in [3.05, 3.63) is 22.6 Å². The number of Topliss-reactive ketones (excluding diaryl/α,β-unsaturated/α-hetero) is 1. The van der Waals surface area contributed by atoms with Crippen molar-refractivity contribution >= 4 is 11.7 Å². The van der Waals surface area contributed by atoms with Crippen LogP contribution in [0.1, 0.15) is 33.6 Å². The van der Waals surface area contributed by atoms with Crippen molar-refractivity contribution in [2.45, 2.75) is 45.8 Å². The lowest BCUT2D eigenvalue weighted by atomic mass is 9.98. The van der Waals surface area contributed by atoms with E-state index in [2.05, 4.69) is 5.32 Å². The van der Waals surface area contributed by atoms with Crippen LogP contribution in [0.2, 0.25) is 0 Å². The van der Waals surface area contributed by atoms with Crippen molar-refractivity contribution in [3.8, 4) is 0 Å². The summed E-state index contributed by atoms with van der Waals surface area (Å²) in [6.45, 7) is 5.34. The number of ether oxygens (including phenoxy) is 1. The van der Waals surface area contributed by atoms with E-state index in [1.54, 1.807) is 6.92 Å². The molecule has 2 heterocycles. The molecule has 2 rings (SSSR count). The number of aliphatic hydroxyl groups excluding tert-OH is 1. The number of carbonyl (C=O) groups is 2. The molecule has 98 valence electrons. The quantitative estimate of drug-likeness (QED) is 0.712. The third kappa shape index (κ3) is 2.18. The van der Waals surface area contributed by atoms with Crippen molar-refractivity contribution in [2.75, 3.05) is 0 Å². The van der Waals surface area contributed by atoms with Crippen LogP contribution in [0, 0.1) is 0 Å². The summed E-state index contributed by atoms with van der Waals surface area (Å²) in [5.74, 6) is -0.251. The van der Waals surface area contributed by atoms with E-state index >= 15 is 0 Å². The van der Waals surface area contributed by atoms with E-state index in [0.717, 1.165) is 5.57 Å². The fraction of sp³-hybridized carbons (Fsp3) is 0.538. The number of nitrogens with one attached hydrogen (secondary N) is 1. The van der Waals surface area contributed by atoms with Gasteiger partial charge in [-0.1, -0.05) is 0 Å². The molecule has 0 fully saturated rings. The van der Waals surface area contributed by atoms with Crippen LogP contribution in [0.5, 0.6) is 0 Å². The zero-order chi connectivity index (χ0) is 13.4. The minimum Gasteiger partial charge on any atom is -0.487 e. The number of hydrogen-bond donors (Lipinski definition) is 2. The molecule has 2 atom stereocenters. The second-order valence-corrected chi connectivity index (χ2v) is 4.99. The highest BCUT2D eigenvalue weighted by Crippen LogP contribution is 2.33. The molecule has 2 aliphatic heterocycles. The van der Waals surface area contributed by atoms with Crippen LogP contribution < -0.4 is 5.32 Å². The second kappa shape index (κ2) is 4.57. The van der Waals surface area contributed by atoms with Gasteiger partial charge in [0.2, 0.25) is 0 Å². The molecule has 5 heteroatoms. The van der Waals surface area contributed by atoms with Crippen LogP contribution >= 0.6 is 0 Å². The first kappa shape index (κ1) is 12.8. The Balaban J connectivity index is 2.34. The van der Waals surface area contributed by atoms with Gasteiger partial charge in [-0.2, -0.15) is 0 Å². The first-order valence-corrected chi connectivity index (χ1v) is 6.01. The molecule has 0 aromatic heterocycles. The molecule has 0 unspecified atom stereocenters. The third-order valence-electron chi connectivity index (χ3n) is 3.00. The fourth-order valence-electron chi connectivity index (χ4n) is 2.21.